The van der Waals surface area contributed by atoms with Crippen molar-refractivity contribution < 1.29 is 2.85 Å². The first-order valence-corrected chi connectivity index (χ1v) is 6.95. The highest BCUT2D eigenvalue weighted by Crippen LogP contribution is 2.17. The zero-order valence-electron chi connectivity index (χ0n) is 12.4. The van der Waals surface area contributed by atoms with Crippen LogP contribution >= 0.6 is 0 Å². The van der Waals surface area contributed by atoms with Gasteiger partial charge in [-0.3, -0.25) is 0 Å². The Kier molecular flexibility index (Phi) is 6.98. The van der Waals surface area contributed by atoms with Crippen molar-refractivity contribution in [3.05, 3.63) is 54.1 Å². The summed E-state index contributed by atoms with van der Waals surface area (Å²) in [5.74, 6) is 0. The normalized spacial score (nSPS) is 13.1. The molecule has 1 atom stereocenters. The van der Waals surface area contributed by atoms with Crippen LogP contribution in [0.1, 0.15) is 28.2 Å². The summed E-state index contributed by atoms with van der Waals surface area (Å²) in [7, 11) is 2.00. The predicted molar refractivity (Wildman–Crippen MR) is 89.9 cm³/mol. The molecule has 0 heterocycles. The second kappa shape index (κ2) is 8.54. The molecule has 2 heteroatoms. The third-order valence-corrected chi connectivity index (χ3v) is 3.37. The minimum Gasteiger partial charge on any atom is -0.381 e. The lowest BCUT2D eigenvalue weighted by atomic mass is 10.0. The van der Waals surface area contributed by atoms with Gasteiger partial charge in [-0.05, 0) is 45.4 Å². The lowest BCUT2D eigenvalue weighted by Crippen LogP contribution is -2.31. The predicted octanol–water partition coefficient (Wildman–Crippen LogP) is 4.40. The Balaban J connectivity index is 0. The summed E-state index contributed by atoms with van der Waals surface area (Å²) in [5, 5.41) is 6.89. The number of aryl methyl sites for hydroxylation is 1. The van der Waals surface area contributed by atoms with E-state index in [1.54, 1.807) is 0 Å². The number of benzene rings is 1. The minimum absolute atomic E-state index is 0. The van der Waals surface area contributed by atoms with Crippen LogP contribution in [0.15, 0.2) is 48.6 Å². The van der Waals surface area contributed by atoms with Gasteiger partial charge in [-0.25, -0.2) is 0 Å². The molecule has 0 aliphatic rings. The van der Waals surface area contributed by atoms with Crippen LogP contribution in [0.3, 0.4) is 0 Å². The van der Waals surface area contributed by atoms with E-state index in [4.69, 9.17) is 0 Å². The number of hydrogen-bond acceptors (Lipinski definition) is 2. The van der Waals surface area contributed by atoms with Gasteiger partial charge in [-0.15, -0.1) is 0 Å². The van der Waals surface area contributed by atoms with Crippen molar-refractivity contribution in [2.24, 2.45) is 0 Å². The number of rotatable bonds is 8. The van der Waals surface area contributed by atoms with Gasteiger partial charge < -0.3 is 10.6 Å². The summed E-state index contributed by atoms with van der Waals surface area (Å²) in [5.41, 5.74) is 3.83. The van der Waals surface area contributed by atoms with Gasteiger partial charge in [0.1, 0.15) is 0 Å². The Bertz CT molecular complexity index is 431. The van der Waals surface area contributed by atoms with E-state index in [1.165, 1.54) is 16.8 Å². The van der Waals surface area contributed by atoms with Crippen LogP contribution in [0.25, 0.3) is 0 Å². The number of nitrogens with one attached hydrogen (secondary N) is 2. The molecule has 0 saturated carbocycles. The summed E-state index contributed by atoms with van der Waals surface area (Å²) >= 11 is 0. The lowest BCUT2D eigenvalue weighted by Gasteiger charge is -2.21. The third kappa shape index (κ3) is 5.31. The van der Waals surface area contributed by atoms with E-state index in [-0.39, 0.29) is 2.85 Å². The van der Waals surface area contributed by atoms with E-state index in [0.717, 1.165) is 19.4 Å². The zero-order valence-corrected chi connectivity index (χ0v) is 12.4. The van der Waals surface area contributed by atoms with Gasteiger partial charge in [0.05, 0.1) is 0 Å². The van der Waals surface area contributed by atoms with Gasteiger partial charge in [0.15, 0.2) is 0 Å². The average molecular weight is 262 g/mol. The molecule has 1 unspecified atom stereocenters. The van der Waals surface area contributed by atoms with Gasteiger partial charge in [0.2, 0.25) is 0 Å². The first kappa shape index (κ1) is 15.5. The SMILES string of the molecule is C=C/C(=C\C)CCC(CNC)Nc1ccccc1C.[HH].[HH]. The number of hydrogen-bond donors (Lipinski definition) is 2. The topological polar surface area (TPSA) is 24.1 Å². The molecule has 1 rings (SSSR count). The molecule has 1 aromatic carbocycles. The summed E-state index contributed by atoms with van der Waals surface area (Å²) in [6.07, 6.45) is 6.24. The molecular formula is C17H30N2. The summed E-state index contributed by atoms with van der Waals surface area (Å²) in [6.45, 7) is 9.02. The van der Waals surface area contributed by atoms with Crippen LogP contribution in [-0.4, -0.2) is 19.6 Å². The minimum atomic E-state index is 0. The van der Waals surface area contributed by atoms with Crippen molar-refractivity contribution in [2.45, 2.75) is 32.7 Å². The van der Waals surface area contributed by atoms with Crippen LogP contribution in [-0.2, 0) is 0 Å². The van der Waals surface area contributed by atoms with Gasteiger partial charge >= 0.3 is 0 Å². The monoisotopic (exact) mass is 262 g/mol. The van der Waals surface area contributed by atoms with E-state index in [2.05, 4.69) is 61.4 Å². The summed E-state index contributed by atoms with van der Waals surface area (Å²) in [6, 6.07) is 8.86. The van der Waals surface area contributed by atoms with Gasteiger partial charge in [0, 0.05) is 21.1 Å². The molecule has 19 heavy (non-hydrogen) atoms. The molecule has 0 radical (unpaired) electrons. The number of likely N-dealkylation sites (N-methyl/N-ethyl adjacent to an activating group) is 1. The van der Waals surface area contributed by atoms with Crippen LogP contribution < -0.4 is 10.6 Å². The van der Waals surface area contributed by atoms with E-state index in [1.807, 2.05) is 13.1 Å². The van der Waals surface area contributed by atoms with Gasteiger partial charge in [0.25, 0.3) is 0 Å². The maximum absolute atomic E-state index is 3.85. The smallest absolute Gasteiger partial charge is 0.0389 e. The number of allylic oxidation sites excluding steroid dienone is 3. The molecule has 2 nitrogen and oxygen atoms in total. The molecule has 2 N–H and O–H groups in total. The molecule has 1 aromatic rings. The van der Waals surface area contributed by atoms with Crippen molar-refractivity contribution in [3.8, 4) is 0 Å². The molecule has 0 bridgehead atoms. The fourth-order valence-electron chi connectivity index (χ4n) is 2.13. The van der Waals surface area contributed by atoms with E-state index in [0.29, 0.717) is 6.04 Å². The van der Waals surface area contributed by atoms with E-state index < -0.39 is 0 Å². The van der Waals surface area contributed by atoms with Crippen molar-refractivity contribution in [1.29, 1.82) is 0 Å². The maximum atomic E-state index is 3.85. The van der Waals surface area contributed by atoms with Crippen molar-refractivity contribution in [2.75, 3.05) is 18.9 Å². The quantitative estimate of drug-likeness (QED) is 0.679. The highest BCUT2D eigenvalue weighted by Gasteiger charge is 2.09. The highest BCUT2D eigenvalue weighted by molar-refractivity contribution is 5.51. The molecular weight excluding hydrogens is 232 g/mol. The lowest BCUT2D eigenvalue weighted by molar-refractivity contribution is 0.609. The Morgan fingerprint density at radius 2 is 2.16 bits per heavy atom. The van der Waals surface area contributed by atoms with Crippen LogP contribution in [0, 0.1) is 6.92 Å². The third-order valence-electron chi connectivity index (χ3n) is 3.37. The molecule has 0 amide bonds. The Morgan fingerprint density at radius 3 is 2.74 bits per heavy atom. The Morgan fingerprint density at radius 1 is 1.42 bits per heavy atom. The van der Waals surface area contributed by atoms with E-state index >= 15 is 0 Å². The number of para-hydroxylation sites is 1. The first-order chi connectivity index (χ1) is 9.21. The molecule has 0 aliphatic heterocycles. The molecule has 108 valence electrons. The summed E-state index contributed by atoms with van der Waals surface area (Å²) < 4.78 is 0. The molecule has 0 aromatic heterocycles. The van der Waals surface area contributed by atoms with Crippen molar-refractivity contribution in [1.82, 2.24) is 5.32 Å². The largest absolute Gasteiger partial charge is 0.381 e. The van der Waals surface area contributed by atoms with Gasteiger partial charge in [-0.2, -0.15) is 0 Å². The molecule has 0 spiro atoms. The van der Waals surface area contributed by atoms with Crippen molar-refractivity contribution in [3.63, 3.8) is 0 Å². The summed E-state index contributed by atoms with van der Waals surface area (Å²) in [4.78, 5) is 0. The van der Waals surface area contributed by atoms with E-state index in [9.17, 15) is 0 Å². The molecule has 0 fully saturated rings. The Labute approximate surface area is 120 Å². The Hall–Kier alpha value is -1.54. The van der Waals surface area contributed by atoms with Crippen LogP contribution in [0.5, 0.6) is 0 Å². The number of anilines is 1. The average Bonchev–Trinajstić information content (AvgIpc) is 2.42. The first-order valence-electron chi connectivity index (χ1n) is 6.95. The fraction of sp³-hybridized carbons (Fsp3) is 0.412. The second-order valence-electron chi connectivity index (χ2n) is 4.82. The maximum Gasteiger partial charge on any atom is 0.0389 e. The molecule has 0 saturated heterocycles. The molecule has 0 aliphatic carbocycles. The van der Waals surface area contributed by atoms with Crippen LogP contribution in [0.4, 0.5) is 5.69 Å². The highest BCUT2D eigenvalue weighted by atomic mass is 15.0. The second-order valence-corrected chi connectivity index (χ2v) is 4.82. The standard InChI is InChI=1S/C17H26N2.2H2/c1-5-15(6-2)11-12-16(13-18-4)19-17-10-8-7-9-14(17)3;;/h5-10,16,18-19H,1,11-13H2,2-4H3;2*1H/b15-6+;;. The fourth-order valence-corrected chi connectivity index (χ4v) is 2.13. The van der Waals surface area contributed by atoms with Crippen LogP contribution in [0.2, 0.25) is 0 Å². The zero-order chi connectivity index (χ0) is 14.1. The van der Waals surface area contributed by atoms with Crippen molar-refractivity contribution >= 4 is 5.69 Å². The van der Waals surface area contributed by atoms with Gasteiger partial charge in [-0.1, -0.05) is 42.5 Å².